The number of hydrogen-bond acceptors (Lipinski definition) is 2. The Labute approximate surface area is 153 Å². The molecule has 0 amide bonds. The summed E-state index contributed by atoms with van der Waals surface area (Å²) < 4.78 is 5.44. The molecular formula is C22H28N2O2+2. The van der Waals surface area contributed by atoms with Crippen molar-refractivity contribution in [3.05, 3.63) is 58.4 Å². The van der Waals surface area contributed by atoms with Crippen LogP contribution in [0, 0.1) is 0 Å². The Morgan fingerprint density at radius 2 is 1.88 bits per heavy atom. The van der Waals surface area contributed by atoms with Gasteiger partial charge in [-0.3, -0.25) is 0 Å². The van der Waals surface area contributed by atoms with Crippen molar-refractivity contribution in [2.45, 2.75) is 32.2 Å². The molecule has 0 unspecified atom stereocenters. The van der Waals surface area contributed by atoms with Crippen LogP contribution in [0.2, 0.25) is 0 Å². The standard InChI is InChI=1S/C22H26N2O2/c25-21-15-18(16-23-11-6-14-24-12-4-1-5-13-24)22-19-8-3-2-7-17(19)9-10-20(22)26-21/h2-3,7-10,15,23H,1,4-6,11-14,16H2/p+2. The molecule has 0 atom stereocenters. The third kappa shape index (κ3) is 3.81. The average molecular weight is 352 g/mol. The highest BCUT2D eigenvalue weighted by Crippen LogP contribution is 2.26. The van der Waals surface area contributed by atoms with Crippen molar-refractivity contribution < 1.29 is 14.6 Å². The number of fused-ring (bicyclic) bond motifs is 3. The first-order valence-electron chi connectivity index (χ1n) is 9.91. The minimum Gasteiger partial charge on any atom is -0.423 e. The van der Waals surface area contributed by atoms with E-state index in [-0.39, 0.29) is 5.63 Å². The third-order valence-corrected chi connectivity index (χ3v) is 5.58. The van der Waals surface area contributed by atoms with E-state index in [2.05, 4.69) is 17.4 Å². The van der Waals surface area contributed by atoms with Crippen LogP contribution >= 0.6 is 0 Å². The molecule has 26 heavy (non-hydrogen) atoms. The van der Waals surface area contributed by atoms with Crippen LogP contribution in [0.4, 0.5) is 0 Å². The highest BCUT2D eigenvalue weighted by atomic mass is 16.4. The van der Waals surface area contributed by atoms with E-state index >= 15 is 0 Å². The van der Waals surface area contributed by atoms with Crippen molar-refractivity contribution in [3.8, 4) is 0 Å². The van der Waals surface area contributed by atoms with Gasteiger partial charge in [0.2, 0.25) is 0 Å². The molecule has 2 heterocycles. The van der Waals surface area contributed by atoms with Gasteiger partial charge in [0.15, 0.2) is 0 Å². The van der Waals surface area contributed by atoms with Gasteiger partial charge in [0.05, 0.1) is 26.2 Å². The normalized spacial score (nSPS) is 15.7. The van der Waals surface area contributed by atoms with Gasteiger partial charge in [0.1, 0.15) is 12.1 Å². The zero-order valence-corrected chi connectivity index (χ0v) is 15.3. The molecule has 0 bridgehead atoms. The van der Waals surface area contributed by atoms with E-state index in [9.17, 15) is 4.79 Å². The third-order valence-electron chi connectivity index (χ3n) is 5.58. The van der Waals surface area contributed by atoms with Crippen molar-refractivity contribution >= 4 is 21.7 Å². The molecule has 2 aromatic carbocycles. The van der Waals surface area contributed by atoms with E-state index < -0.39 is 0 Å². The van der Waals surface area contributed by atoms with E-state index in [1.807, 2.05) is 24.3 Å². The maximum atomic E-state index is 12.0. The fourth-order valence-electron chi connectivity index (χ4n) is 4.24. The number of hydrogen-bond donors (Lipinski definition) is 2. The lowest BCUT2D eigenvalue weighted by atomic mass is 10.0. The second kappa shape index (κ2) is 8.02. The zero-order chi connectivity index (χ0) is 17.8. The summed E-state index contributed by atoms with van der Waals surface area (Å²) in [5, 5.41) is 5.76. The second-order valence-corrected chi connectivity index (χ2v) is 7.45. The van der Waals surface area contributed by atoms with E-state index in [0.29, 0.717) is 5.58 Å². The molecule has 4 heteroatoms. The molecule has 4 nitrogen and oxygen atoms in total. The Bertz CT molecular complexity index is 942. The molecule has 0 spiro atoms. The Kier molecular flexibility index (Phi) is 5.32. The monoisotopic (exact) mass is 352 g/mol. The number of quaternary nitrogens is 2. The van der Waals surface area contributed by atoms with Crippen molar-refractivity contribution in [1.29, 1.82) is 0 Å². The van der Waals surface area contributed by atoms with Gasteiger partial charge in [-0.25, -0.2) is 4.79 Å². The Balaban J connectivity index is 1.47. The van der Waals surface area contributed by atoms with Crippen LogP contribution in [0.15, 0.2) is 51.7 Å². The van der Waals surface area contributed by atoms with Gasteiger partial charge in [-0.15, -0.1) is 0 Å². The molecule has 0 radical (unpaired) electrons. The van der Waals surface area contributed by atoms with Gasteiger partial charge >= 0.3 is 5.63 Å². The summed E-state index contributed by atoms with van der Waals surface area (Å²) in [5.74, 6) is 0. The lowest BCUT2D eigenvalue weighted by molar-refractivity contribution is -0.906. The molecule has 1 fully saturated rings. The second-order valence-electron chi connectivity index (χ2n) is 7.45. The molecule has 3 aromatic rings. The van der Waals surface area contributed by atoms with E-state index in [0.717, 1.165) is 29.4 Å². The van der Waals surface area contributed by atoms with E-state index in [4.69, 9.17) is 4.42 Å². The van der Waals surface area contributed by atoms with Crippen LogP contribution < -0.4 is 15.8 Å². The van der Waals surface area contributed by atoms with Crippen LogP contribution in [-0.2, 0) is 6.54 Å². The van der Waals surface area contributed by atoms with Gasteiger partial charge in [-0.05, 0) is 36.1 Å². The average Bonchev–Trinajstić information content (AvgIpc) is 2.68. The minimum absolute atomic E-state index is 0.256. The quantitative estimate of drug-likeness (QED) is 0.401. The lowest BCUT2D eigenvalue weighted by Crippen LogP contribution is -3.13. The summed E-state index contributed by atoms with van der Waals surface area (Å²) in [5.41, 5.74) is 1.52. The van der Waals surface area contributed by atoms with Crippen LogP contribution in [0.1, 0.15) is 31.2 Å². The van der Waals surface area contributed by atoms with Gasteiger partial charge in [-0.2, -0.15) is 0 Å². The Morgan fingerprint density at radius 3 is 2.77 bits per heavy atom. The van der Waals surface area contributed by atoms with Crippen molar-refractivity contribution in [3.63, 3.8) is 0 Å². The number of nitrogens with two attached hydrogens (primary N) is 1. The molecule has 1 aliphatic rings. The Hall–Kier alpha value is -2.17. The summed E-state index contributed by atoms with van der Waals surface area (Å²) in [7, 11) is 0. The van der Waals surface area contributed by atoms with Crippen LogP contribution in [-0.4, -0.2) is 26.2 Å². The molecule has 1 aliphatic heterocycles. The molecular weight excluding hydrogens is 324 g/mol. The molecule has 4 rings (SSSR count). The SMILES string of the molecule is O=c1cc(C[NH2+]CCC[NH+]2CCCCC2)c2c(ccc3ccccc32)o1. The predicted molar refractivity (Wildman–Crippen MR) is 105 cm³/mol. The number of rotatable bonds is 6. The summed E-state index contributed by atoms with van der Waals surface area (Å²) in [6, 6.07) is 13.9. The first-order chi connectivity index (χ1) is 12.8. The largest absolute Gasteiger partial charge is 0.423 e. The first kappa shape index (κ1) is 17.3. The highest BCUT2D eigenvalue weighted by molar-refractivity contribution is 6.06. The number of benzene rings is 2. The minimum atomic E-state index is -0.256. The Morgan fingerprint density at radius 1 is 1.04 bits per heavy atom. The molecule has 1 aromatic heterocycles. The van der Waals surface area contributed by atoms with Crippen LogP contribution in [0.5, 0.6) is 0 Å². The van der Waals surface area contributed by atoms with E-state index in [1.54, 1.807) is 11.0 Å². The molecule has 136 valence electrons. The van der Waals surface area contributed by atoms with Crippen LogP contribution in [0.25, 0.3) is 21.7 Å². The zero-order valence-electron chi connectivity index (χ0n) is 15.3. The molecule has 1 saturated heterocycles. The van der Waals surface area contributed by atoms with Gasteiger partial charge in [0, 0.05) is 23.4 Å². The van der Waals surface area contributed by atoms with E-state index in [1.165, 1.54) is 50.7 Å². The van der Waals surface area contributed by atoms with Crippen molar-refractivity contribution in [2.75, 3.05) is 26.2 Å². The summed E-state index contributed by atoms with van der Waals surface area (Å²) in [6.07, 6.45) is 5.42. The van der Waals surface area contributed by atoms with Crippen molar-refractivity contribution in [1.82, 2.24) is 0 Å². The smallest absolute Gasteiger partial charge is 0.336 e. The van der Waals surface area contributed by atoms with Crippen LogP contribution in [0.3, 0.4) is 0 Å². The maximum Gasteiger partial charge on any atom is 0.336 e. The number of piperidine rings is 1. The lowest BCUT2D eigenvalue weighted by Gasteiger charge is -2.23. The highest BCUT2D eigenvalue weighted by Gasteiger charge is 2.14. The van der Waals surface area contributed by atoms with Gasteiger partial charge in [-0.1, -0.05) is 30.3 Å². The molecule has 0 saturated carbocycles. The summed E-state index contributed by atoms with van der Waals surface area (Å²) in [6.45, 7) is 5.89. The number of likely N-dealkylation sites (tertiary alicyclic amines) is 1. The number of nitrogens with one attached hydrogen (secondary N) is 1. The fraction of sp³-hybridized carbons (Fsp3) is 0.409. The molecule has 3 N–H and O–H groups in total. The summed E-state index contributed by atoms with van der Waals surface area (Å²) in [4.78, 5) is 13.7. The van der Waals surface area contributed by atoms with Gasteiger partial charge < -0.3 is 14.6 Å². The van der Waals surface area contributed by atoms with Crippen molar-refractivity contribution in [2.24, 2.45) is 0 Å². The fourth-order valence-corrected chi connectivity index (χ4v) is 4.24. The first-order valence-corrected chi connectivity index (χ1v) is 9.91. The van der Waals surface area contributed by atoms with Gasteiger partial charge in [0.25, 0.3) is 0 Å². The summed E-state index contributed by atoms with van der Waals surface area (Å²) >= 11 is 0. The topological polar surface area (TPSA) is 51.3 Å². The maximum absolute atomic E-state index is 12.0. The molecule has 0 aliphatic carbocycles. The predicted octanol–water partition coefficient (Wildman–Crippen LogP) is 1.47.